The summed E-state index contributed by atoms with van der Waals surface area (Å²) in [5.74, 6) is 1.07. The van der Waals surface area contributed by atoms with Crippen molar-refractivity contribution >= 4 is 39.8 Å². The molecule has 1 aliphatic heterocycles. The van der Waals surface area contributed by atoms with E-state index in [0.717, 1.165) is 19.5 Å². The Morgan fingerprint density at radius 1 is 1.55 bits per heavy atom. The molecule has 1 aromatic rings. The quantitative estimate of drug-likeness (QED) is 0.441. The lowest BCUT2D eigenvalue weighted by Gasteiger charge is -2.31. The van der Waals surface area contributed by atoms with Crippen molar-refractivity contribution in [3.05, 3.63) is 24.0 Å². The normalized spacial score (nSPS) is 19.6. The molecule has 2 N–H and O–H groups in total. The maximum atomic E-state index is 11.7. The highest BCUT2D eigenvalue weighted by Gasteiger charge is 2.18. The van der Waals surface area contributed by atoms with Gasteiger partial charge in [0.25, 0.3) is 0 Å². The zero-order valence-electron chi connectivity index (χ0n) is 12.9. The van der Waals surface area contributed by atoms with Gasteiger partial charge in [0.1, 0.15) is 0 Å². The van der Waals surface area contributed by atoms with Crippen molar-refractivity contribution in [2.75, 3.05) is 19.3 Å². The lowest BCUT2D eigenvalue weighted by atomic mass is 10.0. The monoisotopic (exact) mass is 438 g/mol. The number of aromatic nitrogens is 1. The molecule has 1 fully saturated rings. The minimum absolute atomic E-state index is 0. The summed E-state index contributed by atoms with van der Waals surface area (Å²) in [5, 5.41) is 0. The predicted molar refractivity (Wildman–Crippen MR) is 98.1 cm³/mol. The van der Waals surface area contributed by atoms with E-state index in [4.69, 9.17) is 5.73 Å². The van der Waals surface area contributed by atoms with Crippen molar-refractivity contribution in [1.29, 1.82) is 0 Å². The molecule has 1 atom stereocenters. The molecule has 8 heteroatoms. The molecule has 22 heavy (non-hydrogen) atoms. The largest absolute Gasteiger partial charge is 0.370 e. The van der Waals surface area contributed by atoms with Crippen LogP contribution in [0.2, 0.25) is 0 Å². The minimum atomic E-state index is -3.30. The van der Waals surface area contributed by atoms with Crippen molar-refractivity contribution in [1.82, 2.24) is 9.88 Å². The fourth-order valence-corrected chi connectivity index (χ4v) is 3.40. The molecule has 1 unspecified atom stereocenters. The van der Waals surface area contributed by atoms with Crippen molar-refractivity contribution < 1.29 is 8.42 Å². The number of guanidine groups is 1. The molecule has 124 valence electrons. The molecule has 0 spiro atoms. The third-order valence-electron chi connectivity index (χ3n) is 3.62. The lowest BCUT2D eigenvalue weighted by molar-refractivity contribution is 0.270. The second kappa shape index (κ2) is 8.09. The van der Waals surface area contributed by atoms with Gasteiger partial charge in [-0.15, -0.1) is 24.0 Å². The van der Waals surface area contributed by atoms with Gasteiger partial charge in [-0.05, 0) is 30.9 Å². The Morgan fingerprint density at radius 3 is 2.91 bits per heavy atom. The molecule has 1 saturated heterocycles. The standard InChI is InChI=1S/C14H22N4O2S.HI/c1-11-5-4-8-18(10-11)14(15)17-9-12-13(21(2,19)20)6-3-7-16-12;/h3,6-7,11H,4-5,8-10H2,1-2H3,(H2,15,17);1H. The van der Waals surface area contributed by atoms with Crippen molar-refractivity contribution in [3.63, 3.8) is 0 Å². The second-order valence-electron chi connectivity index (χ2n) is 5.59. The Bertz CT molecular complexity index is 633. The number of sulfone groups is 1. The Labute approximate surface area is 149 Å². The van der Waals surface area contributed by atoms with Gasteiger partial charge in [-0.2, -0.15) is 0 Å². The molecule has 2 rings (SSSR count). The summed E-state index contributed by atoms with van der Waals surface area (Å²) in [6.45, 7) is 4.18. The van der Waals surface area contributed by atoms with E-state index in [2.05, 4.69) is 21.8 Å². The van der Waals surface area contributed by atoms with E-state index in [1.54, 1.807) is 18.3 Å². The maximum absolute atomic E-state index is 11.7. The summed E-state index contributed by atoms with van der Waals surface area (Å²) in [7, 11) is -3.30. The molecule has 0 radical (unpaired) electrons. The number of halogens is 1. The molecular formula is C14H23IN4O2S. The summed E-state index contributed by atoms with van der Waals surface area (Å²) >= 11 is 0. The molecule has 0 saturated carbocycles. The molecule has 0 aliphatic carbocycles. The van der Waals surface area contributed by atoms with E-state index in [0.29, 0.717) is 17.6 Å². The SMILES string of the molecule is CC1CCCN(C(N)=NCc2ncccc2S(C)(=O)=O)C1.I. The summed E-state index contributed by atoms with van der Waals surface area (Å²) in [4.78, 5) is 10.7. The van der Waals surface area contributed by atoms with E-state index >= 15 is 0 Å². The van der Waals surface area contributed by atoms with Gasteiger partial charge in [0.2, 0.25) is 0 Å². The van der Waals surface area contributed by atoms with Gasteiger partial charge >= 0.3 is 0 Å². The third-order valence-corrected chi connectivity index (χ3v) is 4.79. The second-order valence-corrected chi connectivity index (χ2v) is 7.57. The molecular weight excluding hydrogens is 415 g/mol. The van der Waals surface area contributed by atoms with Gasteiger partial charge in [0, 0.05) is 25.5 Å². The van der Waals surface area contributed by atoms with E-state index in [1.807, 2.05) is 0 Å². The first-order valence-corrected chi connectivity index (χ1v) is 8.96. The Hall–Kier alpha value is -0.900. The van der Waals surface area contributed by atoms with Gasteiger partial charge in [-0.1, -0.05) is 6.92 Å². The molecule has 0 aromatic carbocycles. The number of rotatable bonds is 3. The number of hydrogen-bond acceptors (Lipinski definition) is 4. The molecule has 0 bridgehead atoms. The van der Waals surface area contributed by atoms with Crippen molar-refractivity contribution in [2.24, 2.45) is 16.6 Å². The summed E-state index contributed by atoms with van der Waals surface area (Å²) < 4.78 is 23.4. The Morgan fingerprint density at radius 2 is 2.27 bits per heavy atom. The highest BCUT2D eigenvalue weighted by Crippen LogP contribution is 2.16. The van der Waals surface area contributed by atoms with Crippen molar-refractivity contribution in [2.45, 2.75) is 31.2 Å². The van der Waals surface area contributed by atoms with Gasteiger partial charge < -0.3 is 10.6 Å². The smallest absolute Gasteiger partial charge is 0.191 e. The summed E-state index contributed by atoms with van der Waals surface area (Å²) in [6, 6.07) is 3.16. The van der Waals surface area contributed by atoms with Crippen LogP contribution in [-0.4, -0.2) is 43.6 Å². The van der Waals surface area contributed by atoms with Crippen LogP contribution in [0.1, 0.15) is 25.5 Å². The van der Waals surface area contributed by atoms with Crippen LogP contribution in [-0.2, 0) is 16.4 Å². The fraction of sp³-hybridized carbons (Fsp3) is 0.571. The van der Waals surface area contributed by atoms with E-state index in [-0.39, 0.29) is 35.4 Å². The third kappa shape index (κ3) is 5.08. The van der Waals surface area contributed by atoms with E-state index in [1.165, 1.54) is 12.7 Å². The number of likely N-dealkylation sites (tertiary alicyclic amines) is 1. The number of piperidine rings is 1. The number of aliphatic imine (C=N–C) groups is 1. The lowest BCUT2D eigenvalue weighted by Crippen LogP contribution is -2.43. The minimum Gasteiger partial charge on any atom is -0.370 e. The van der Waals surface area contributed by atoms with Crippen LogP contribution >= 0.6 is 24.0 Å². The van der Waals surface area contributed by atoms with Crippen molar-refractivity contribution in [3.8, 4) is 0 Å². The topological polar surface area (TPSA) is 88.7 Å². The van der Waals surface area contributed by atoms with Crippen LogP contribution < -0.4 is 5.73 Å². The fourth-order valence-electron chi connectivity index (χ4n) is 2.53. The molecule has 0 amide bonds. The van der Waals surface area contributed by atoms with Gasteiger partial charge in [-0.25, -0.2) is 13.4 Å². The molecule has 6 nitrogen and oxygen atoms in total. The highest BCUT2D eigenvalue weighted by atomic mass is 127. The average molecular weight is 438 g/mol. The first-order valence-electron chi connectivity index (χ1n) is 7.06. The van der Waals surface area contributed by atoms with Crippen LogP contribution in [0.4, 0.5) is 0 Å². The number of pyridine rings is 1. The zero-order chi connectivity index (χ0) is 15.5. The van der Waals surface area contributed by atoms with Crippen LogP contribution in [0.3, 0.4) is 0 Å². The van der Waals surface area contributed by atoms with Gasteiger partial charge in [0.05, 0.1) is 17.1 Å². The molecule has 2 heterocycles. The summed E-state index contributed by atoms with van der Waals surface area (Å²) in [6.07, 6.45) is 5.06. The Kier molecular flexibility index (Phi) is 7.04. The van der Waals surface area contributed by atoms with Crippen LogP contribution in [0, 0.1) is 5.92 Å². The first kappa shape index (κ1) is 19.1. The van der Waals surface area contributed by atoms with Gasteiger partial charge in [0.15, 0.2) is 15.8 Å². The summed E-state index contributed by atoms with van der Waals surface area (Å²) in [5.41, 5.74) is 6.45. The van der Waals surface area contributed by atoms with E-state index < -0.39 is 9.84 Å². The van der Waals surface area contributed by atoms with Crippen LogP contribution in [0.25, 0.3) is 0 Å². The zero-order valence-corrected chi connectivity index (χ0v) is 16.0. The van der Waals surface area contributed by atoms with Gasteiger partial charge in [-0.3, -0.25) is 4.98 Å². The number of nitrogens with zero attached hydrogens (tertiary/aromatic N) is 3. The number of hydrogen-bond donors (Lipinski definition) is 1. The average Bonchev–Trinajstić information content (AvgIpc) is 2.44. The van der Waals surface area contributed by atoms with Crippen LogP contribution in [0.5, 0.6) is 0 Å². The maximum Gasteiger partial charge on any atom is 0.191 e. The highest BCUT2D eigenvalue weighted by molar-refractivity contribution is 14.0. The van der Waals surface area contributed by atoms with E-state index in [9.17, 15) is 8.42 Å². The first-order chi connectivity index (χ1) is 9.88. The number of nitrogens with two attached hydrogens (primary N) is 1. The Balaban J connectivity index is 0.00000242. The molecule has 1 aromatic heterocycles. The molecule has 1 aliphatic rings. The predicted octanol–water partition coefficient (Wildman–Crippen LogP) is 1.65. The van der Waals surface area contributed by atoms with Crippen LogP contribution in [0.15, 0.2) is 28.2 Å².